The number of carbonyl (C=O) groups excluding carboxylic acids is 1. The molecular formula is C15H22N2O3. The lowest BCUT2D eigenvalue weighted by Gasteiger charge is -2.09. The number of hydrogen-bond acceptors (Lipinski definition) is 2. The van der Waals surface area contributed by atoms with Crippen molar-refractivity contribution in [2.45, 2.75) is 33.2 Å². The normalized spacial score (nSPS) is 11.7. The molecule has 0 radical (unpaired) electrons. The molecule has 1 unspecified atom stereocenters. The minimum Gasteiger partial charge on any atom is -0.481 e. The zero-order valence-electron chi connectivity index (χ0n) is 12.0. The third kappa shape index (κ3) is 6.22. The zero-order valence-corrected chi connectivity index (χ0v) is 12.0. The second-order valence-corrected chi connectivity index (χ2v) is 4.98. The average molecular weight is 278 g/mol. The van der Waals surface area contributed by atoms with E-state index >= 15 is 0 Å². The molecular weight excluding hydrogens is 256 g/mol. The summed E-state index contributed by atoms with van der Waals surface area (Å²) in [7, 11) is 0. The molecule has 5 heteroatoms. The Bertz CT molecular complexity index is 460. The van der Waals surface area contributed by atoms with E-state index in [4.69, 9.17) is 5.11 Å². The van der Waals surface area contributed by atoms with Gasteiger partial charge < -0.3 is 15.7 Å². The van der Waals surface area contributed by atoms with Crippen molar-refractivity contribution in [3.63, 3.8) is 0 Å². The van der Waals surface area contributed by atoms with Crippen LogP contribution < -0.4 is 10.6 Å². The van der Waals surface area contributed by atoms with Gasteiger partial charge in [-0.1, -0.05) is 36.8 Å². The lowest BCUT2D eigenvalue weighted by atomic mass is 10.1. The van der Waals surface area contributed by atoms with E-state index in [1.807, 2.05) is 31.2 Å². The van der Waals surface area contributed by atoms with Crippen LogP contribution in [0.25, 0.3) is 0 Å². The number of rotatable bonds is 7. The summed E-state index contributed by atoms with van der Waals surface area (Å²) in [5, 5.41) is 14.2. The smallest absolute Gasteiger partial charge is 0.315 e. The molecule has 0 spiro atoms. The van der Waals surface area contributed by atoms with Gasteiger partial charge in [0, 0.05) is 13.1 Å². The summed E-state index contributed by atoms with van der Waals surface area (Å²) in [6.45, 7) is 4.64. The maximum absolute atomic E-state index is 11.5. The van der Waals surface area contributed by atoms with Crippen molar-refractivity contribution in [2.24, 2.45) is 5.92 Å². The van der Waals surface area contributed by atoms with Gasteiger partial charge in [-0.25, -0.2) is 4.79 Å². The second-order valence-electron chi connectivity index (χ2n) is 4.98. The number of aryl methyl sites for hydroxylation is 1. The maximum Gasteiger partial charge on any atom is 0.315 e. The molecule has 0 aliphatic heterocycles. The van der Waals surface area contributed by atoms with E-state index in [2.05, 4.69) is 10.6 Å². The van der Waals surface area contributed by atoms with Crippen LogP contribution in [0.15, 0.2) is 24.3 Å². The van der Waals surface area contributed by atoms with Crippen LogP contribution >= 0.6 is 0 Å². The minimum atomic E-state index is -0.797. The third-order valence-corrected chi connectivity index (χ3v) is 3.06. The van der Waals surface area contributed by atoms with Crippen LogP contribution in [0.2, 0.25) is 0 Å². The summed E-state index contributed by atoms with van der Waals surface area (Å²) < 4.78 is 0. The van der Waals surface area contributed by atoms with Crippen molar-refractivity contribution in [1.29, 1.82) is 0 Å². The Balaban J connectivity index is 2.16. The summed E-state index contributed by atoms with van der Waals surface area (Å²) in [5.74, 6) is -1.17. The number of benzene rings is 1. The zero-order chi connectivity index (χ0) is 15.0. The van der Waals surface area contributed by atoms with Crippen LogP contribution in [0.1, 0.15) is 30.9 Å². The molecule has 0 bridgehead atoms. The van der Waals surface area contributed by atoms with E-state index in [1.54, 1.807) is 6.92 Å². The molecule has 110 valence electrons. The summed E-state index contributed by atoms with van der Waals surface area (Å²) in [5.41, 5.74) is 2.21. The predicted octanol–water partition coefficient (Wildman–Crippen LogP) is 2.30. The first-order valence-corrected chi connectivity index (χ1v) is 6.79. The van der Waals surface area contributed by atoms with Crippen LogP contribution in [-0.4, -0.2) is 23.7 Å². The summed E-state index contributed by atoms with van der Waals surface area (Å²) in [6, 6.07) is 7.72. The Hall–Kier alpha value is -2.04. The van der Waals surface area contributed by atoms with Gasteiger partial charge in [0.2, 0.25) is 0 Å². The van der Waals surface area contributed by atoms with Gasteiger partial charge in [-0.2, -0.15) is 0 Å². The van der Waals surface area contributed by atoms with E-state index < -0.39 is 5.97 Å². The van der Waals surface area contributed by atoms with Gasteiger partial charge in [0.1, 0.15) is 0 Å². The van der Waals surface area contributed by atoms with Crippen LogP contribution in [0, 0.1) is 12.8 Å². The van der Waals surface area contributed by atoms with Crippen LogP contribution in [0.3, 0.4) is 0 Å². The maximum atomic E-state index is 11.5. The van der Waals surface area contributed by atoms with Gasteiger partial charge in [0.05, 0.1) is 5.92 Å². The number of amides is 2. The van der Waals surface area contributed by atoms with Gasteiger partial charge in [0.25, 0.3) is 0 Å². The Morgan fingerprint density at radius 1 is 1.30 bits per heavy atom. The van der Waals surface area contributed by atoms with Crippen molar-refractivity contribution in [3.05, 3.63) is 35.4 Å². The monoisotopic (exact) mass is 278 g/mol. The SMILES string of the molecule is Cc1cccc(CNC(=O)NCCCC(C)C(=O)O)c1. The van der Waals surface area contributed by atoms with Crippen molar-refractivity contribution in [3.8, 4) is 0 Å². The fourth-order valence-corrected chi connectivity index (χ4v) is 1.80. The lowest BCUT2D eigenvalue weighted by molar-refractivity contribution is -0.141. The third-order valence-electron chi connectivity index (χ3n) is 3.06. The lowest BCUT2D eigenvalue weighted by Crippen LogP contribution is -2.35. The highest BCUT2D eigenvalue weighted by molar-refractivity contribution is 5.73. The van der Waals surface area contributed by atoms with Crippen molar-refractivity contribution in [1.82, 2.24) is 10.6 Å². The molecule has 0 heterocycles. The highest BCUT2D eigenvalue weighted by Gasteiger charge is 2.09. The average Bonchev–Trinajstić information content (AvgIpc) is 2.41. The number of carboxylic acid groups (broad SMARTS) is 1. The number of hydrogen-bond donors (Lipinski definition) is 3. The Labute approximate surface area is 119 Å². The molecule has 1 aromatic rings. The van der Waals surface area contributed by atoms with Crippen molar-refractivity contribution >= 4 is 12.0 Å². The number of aliphatic carboxylic acids is 1. The molecule has 0 aliphatic carbocycles. The molecule has 1 atom stereocenters. The van der Waals surface area contributed by atoms with E-state index in [9.17, 15) is 9.59 Å². The highest BCUT2D eigenvalue weighted by Crippen LogP contribution is 2.04. The van der Waals surface area contributed by atoms with Crippen LogP contribution in [0.4, 0.5) is 4.79 Å². The molecule has 0 aliphatic rings. The molecule has 20 heavy (non-hydrogen) atoms. The number of carbonyl (C=O) groups is 2. The first kappa shape index (κ1) is 16.0. The van der Waals surface area contributed by atoms with Gasteiger partial charge in [-0.3, -0.25) is 4.79 Å². The largest absolute Gasteiger partial charge is 0.481 e. The van der Waals surface area contributed by atoms with Crippen LogP contribution in [0.5, 0.6) is 0 Å². The predicted molar refractivity (Wildman–Crippen MR) is 77.5 cm³/mol. The molecule has 3 N–H and O–H groups in total. The molecule has 5 nitrogen and oxygen atoms in total. The van der Waals surface area contributed by atoms with E-state index in [0.29, 0.717) is 25.9 Å². The summed E-state index contributed by atoms with van der Waals surface area (Å²) in [4.78, 5) is 22.2. The molecule has 0 saturated carbocycles. The number of nitrogens with one attached hydrogen (secondary N) is 2. The van der Waals surface area contributed by atoms with Gasteiger partial charge in [-0.05, 0) is 25.3 Å². The summed E-state index contributed by atoms with van der Waals surface area (Å²) in [6.07, 6.45) is 1.22. The molecule has 0 aromatic heterocycles. The minimum absolute atomic E-state index is 0.227. The molecule has 1 rings (SSSR count). The van der Waals surface area contributed by atoms with Crippen molar-refractivity contribution in [2.75, 3.05) is 6.54 Å². The van der Waals surface area contributed by atoms with Crippen molar-refractivity contribution < 1.29 is 14.7 Å². The molecule has 1 aromatic carbocycles. The molecule has 2 amide bonds. The Morgan fingerprint density at radius 2 is 2.05 bits per heavy atom. The standard InChI is InChI=1S/C15H22N2O3/c1-11-5-3-7-13(9-11)10-17-15(20)16-8-4-6-12(2)14(18)19/h3,5,7,9,12H,4,6,8,10H2,1-2H3,(H,18,19)(H2,16,17,20). The number of carboxylic acids is 1. The van der Waals surface area contributed by atoms with E-state index in [1.165, 1.54) is 0 Å². The van der Waals surface area contributed by atoms with E-state index in [-0.39, 0.29) is 11.9 Å². The summed E-state index contributed by atoms with van der Waals surface area (Å²) >= 11 is 0. The Kier molecular flexibility index (Phi) is 6.56. The molecule has 0 fully saturated rings. The number of urea groups is 1. The van der Waals surface area contributed by atoms with Gasteiger partial charge in [-0.15, -0.1) is 0 Å². The van der Waals surface area contributed by atoms with E-state index in [0.717, 1.165) is 11.1 Å². The molecule has 0 saturated heterocycles. The highest BCUT2D eigenvalue weighted by atomic mass is 16.4. The first-order chi connectivity index (χ1) is 9.49. The quantitative estimate of drug-likeness (QED) is 0.670. The second kappa shape index (κ2) is 8.19. The van der Waals surface area contributed by atoms with Crippen LogP contribution in [-0.2, 0) is 11.3 Å². The Morgan fingerprint density at radius 3 is 2.70 bits per heavy atom. The fourth-order valence-electron chi connectivity index (χ4n) is 1.80. The first-order valence-electron chi connectivity index (χ1n) is 6.79. The van der Waals surface area contributed by atoms with Gasteiger partial charge >= 0.3 is 12.0 Å². The van der Waals surface area contributed by atoms with Gasteiger partial charge in [0.15, 0.2) is 0 Å². The topological polar surface area (TPSA) is 78.4 Å². The fraction of sp³-hybridized carbons (Fsp3) is 0.467.